The highest BCUT2D eigenvalue weighted by atomic mass is 32.2. The number of aromatic nitrogens is 1. The number of carbonyl (C=O) groups is 2. The zero-order valence-electron chi connectivity index (χ0n) is 20.5. The van der Waals surface area contributed by atoms with Crippen molar-refractivity contribution in [3.63, 3.8) is 0 Å². The zero-order valence-corrected chi connectivity index (χ0v) is 22.1. The molecule has 2 aliphatic rings. The van der Waals surface area contributed by atoms with Gasteiger partial charge in [0.15, 0.2) is 11.7 Å². The monoisotopic (exact) mass is 540 g/mol. The normalized spacial score (nSPS) is 16.2. The summed E-state index contributed by atoms with van der Waals surface area (Å²) in [6.07, 6.45) is 3.60. The summed E-state index contributed by atoms with van der Waals surface area (Å²) in [6.45, 7) is 3.71. The van der Waals surface area contributed by atoms with E-state index in [1.807, 2.05) is 30.5 Å². The van der Waals surface area contributed by atoms with Crippen LogP contribution in [0, 0.1) is 0 Å². The molecule has 2 aromatic carbocycles. The van der Waals surface area contributed by atoms with E-state index in [4.69, 9.17) is 4.74 Å². The lowest BCUT2D eigenvalue weighted by molar-refractivity contribution is -0.121. The highest BCUT2D eigenvalue weighted by Crippen LogP contribution is 2.37. The minimum absolute atomic E-state index is 0.0321. The number of fused-ring (bicyclic) bond motifs is 1. The van der Waals surface area contributed by atoms with Crippen LogP contribution in [0.2, 0.25) is 0 Å². The number of ether oxygens (including phenoxy) is 1. The van der Waals surface area contributed by atoms with E-state index in [0.29, 0.717) is 47.5 Å². The van der Waals surface area contributed by atoms with Crippen molar-refractivity contribution in [2.24, 2.45) is 0 Å². The number of rotatable bonds is 7. The number of hydrogen-bond acceptors (Lipinski definition) is 7. The third kappa shape index (κ3) is 5.25. The highest BCUT2D eigenvalue weighted by Gasteiger charge is 2.27. The topological polar surface area (TPSA) is 109 Å². The van der Waals surface area contributed by atoms with E-state index in [1.54, 1.807) is 4.90 Å². The number of nitrogens with one attached hydrogen (secondary N) is 1. The van der Waals surface area contributed by atoms with Crippen LogP contribution in [0.3, 0.4) is 0 Å². The van der Waals surface area contributed by atoms with E-state index in [-0.39, 0.29) is 23.3 Å². The van der Waals surface area contributed by atoms with Crippen molar-refractivity contribution in [1.82, 2.24) is 9.29 Å². The van der Waals surface area contributed by atoms with Crippen molar-refractivity contribution in [1.29, 1.82) is 0 Å². The number of sulfonamides is 1. The minimum Gasteiger partial charge on any atom is -0.482 e. The summed E-state index contributed by atoms with van der Waals surface area (Å²) < 4.78 is 32.8. The van der Waals surface area contributed by atoms with Gasteiger partial charge >= 0.3 is 0 Å². The molecule has 0 saturated carbocycles. The molecule has 0 atom stereocenters. The van der Waals surface area contributed by atoms with Gasteiger partial charge in [-0.3, -0.25) is 14.9 Å². The van der Waals surface area contributed by atoms with Crippen molar-refractivity contribution in [2.45, 2.75) is 37.5 Å². The van der Waals surface area contributed by atoms with Crippen LogP contribution in [-0.2, 0) is 14.8 Å². The molecule has 0 radical (unpaired) electrons. The number of piperidine rings is 1. The number of thiazole rings is 1. The highest BCUT2D eigenvalue weighted by molar-refractivity contribution is 7.89. The van der Waals surface area contributed by atoms with Gasteiger partial charge in [0, 0.05) is 36.1 Å². The standard InChI is InChI=1S/C26H28N4O5S2/c1-2-12-30-22-15-19(8-11-23(22)35-16-24(30)31)21-17-36-26(27-21)28-25(32)18-6-9-20(10-7-18)37(33,34)29-13-4-3-5-14-29/h6-11,15,17H,2-5,12-14,16H2,1H3,(H,27,28,32). The summed E-state index contributed by atoms with van der Waals surface area (Å²) in [5, 5.41) is 5.04. The average Bonchev–Trinajstić information content (AvgIpc) is 3.39. The van der Waals surface area contributed by atoms with Crippen LogP contribution in [0.25, 0.3) is 11.3 Å². The van der Waals surface area contributed by atoms with Gasteiger partial charge < -0.3 is 9.64 Å². The summed E-state index contributed by atoms with van der Waals surface area (Å²) in [4.78, 5) is 31.6. The second-order valence-electron chi connectivity index (χ2n) is 9.00. The fraction of sp³-hybridized carbons (Fsp3) is 0.346. The first-order chi connectivity index (χ1) is 17.9. The van der Waals surface area contributed by atoms with Gasteiger partial charge in [0.2, 0.25) is 10.0 Å². The first-order valence-corrected chi connectivity index (χ1v) is 14.6. The molecule has 0 unspecified atom stereocenters. The largest absolute Gasteiger partial charge is 0.482 e. The molecule has 2 aliphatic heterocycles. The van der Waals surface area contributed by atoms with E-state index in [2.05, 4.69) is 10.3 Å². The first-order valence-electron chi connectivity index (χ1n) is 12.3. The fourth-order valence-electron chi connectivity index (χ4n) is 4.50. The molecule has 1 fully saturated rings. The van der Waals surface area contributed by atoms with Gasteiger partial charge in [0.05, 0.1) is 16.3 Å². The van der Waals surface area contributed by atoms with E-state index < -0.39 is 10.0 Å². The zero-order chi connectivity index (χ0) is 26.0. The maximum atomic E-state index is 12.8. The molecular formula is C26H28N4O5S2. The smallest absolute Gasteiger partial charge is 0.265 e. The number of hydrogen-bond donors (Lipinski definition) is 1. The summed E-state index contributed by atoms with van der Waals surface area (Å²) in [5.74, 6) is 0.208. The molecule has 0 spiro atoms. The Balaban J connectivity index is 1.29. The Morgan fingerprint density at radius 3 is 2.59 bits per heavy atom. The molecule has 37 heavy (non-hydrogen) atoms. The molecule has 2 amide bonds. The number of nitrogens with zero attached hydrogens (tertiary/aromatic N) is 3. The second-order valence-corrected chi connectivity index (χ2v) is 11.8. The molecular weight excluding hydrogens is 512 g/mol. The Morgan fingerprint density at radius 2 is 1.86 bits per heavy atom. The van der Waals surface area contributed by atoms with Gasteiger partial charge in [0.1, 0.15) is 5.75 Å². The molecule has 9 nitrogen and oxygen atoms in total. The van der Waals surface area contributed by atoms with E-state index in [9.17, 15) is 18.0 Å². The summed E-state index contributed by atoms with van der Waals surface area (Å²) in [7, 11) is -3.55. The van der Waals surface area contributed by atoms with Crippen molar-refractivity contribution in [3.05, 3.63) is 53.4 Å². The van der Waals surface area contributed by atoms with Gasteiger partial charge in [-0.1, -0.05) is 13.3 Å². The average molecular weight is 541 g/mol. The van der Waals surface area contributed by atoms with Crippen LogP contribution in [0.15, 0.2) is 52.7 Å². The predicted octanol–water partition coefficient (Wildman–Crippen LogP) is 4.37. The molecule has 0 bridgehead atoms. The summed E-state index contributed by atoms with van der Waals surface area (Å²) in [5.41, 5.74) is 2.53. The number of anilines is 2. The fourth-order valence-corrected chi connectivity index (χ4v) is 6.73. The van der Waals surface area contributed by atoms with Crippen molar-refractivity contribution >= 4 is 44.0 Å². The molecule has 3 aromatic rings. The van der Waals surface area contributed by atoms with Crippen molar-refractivity contribution < 1.29 is 22.7 Å². The Hall–Kier alpha value is -3.28. The Morgan fingerprint density at radius 1 is 1.11 bits per heavy atom. The summed E-state index contributed by atoms with van der Waals surface area (Å²) in [6, 6.07) is 11.6. The van der Waals surface area contributed by atoms with Gasteiger partial charge in [-0.05, 0) is 61.7 Å². The van der Waals surface area contributed by atoms with Gasteiger partial charge in [-0.2, -0.15) is 4.31 Å². The van der Waals surface area contributed by atoms with Crippen LogP contribution in [0.4, 0.5) is 10.8 Å². The summed E-state index contributed by atoms with van der Waals surface area (Å²) >= 11 is 1.29. The molecule has 1 N–H and O–H groups in total. The lowest BCUT2D eigenvalue weighted by Gasteiger charge is -2.29. The number of amides is 2. The maximum Gasteiger partial charge on any atom is 0.265 e. The van der Waals surface area contributed by atoms with E-state index in [1.165, 1.54) is 39.9 Å². The quantitative estimate of drug-likeness (QED) is 0.477. The number of benzene rings is 2. The van der Waals surface area contributed by atoms with Gasteiger partial charge in [-0.15, -0.1) is 11.3 Å². The Bertz CT molecular complexity index is 1410. The van der Waals surface area contributed by atoms with Crippen molar-refractivity contribution in [2.75, 3.05) is 36.5 Å². The number of carbonyl (C=O) groups excluding carboxylic acids is 2. The SMILES string of the molecule is CCCN1C(=O)COc2ccc(-c3csc(NC(=O)c4ccc(S(=O)(=O)N5CCCCC5)cc4)n3)cc21. The predicted molar refractivity (Wildman–Crippen MR) is 143 cm³/mol. The second kappa shape index (κ2) is 10.6. The van der Waals surface area contributed by atoms with Crippen LogP contribution in [0.5, 0.6) is 5.75 Å². The Kier molecular flexibility index (Phi) is 7.27. The van der Waals surface area contributed by atoms with Crippen LogP contribution in [0.1, 0.15) is 43.0 Å². The maximum absolute atomic E-state index is 12.8. The third-order valence-electron chi connectivity index (χ3n) is 6.44. The molecule has 0 aliphatic carbocycles. The molecule has 1 aromatic heterocycles. The third-order valence-corrected chi connectivity index (χ3v) is 9.11. The van der Waals surface area contributed by atoms with E-state index in [0.717, 1.165) is 31.2 Å². The molecule has 5 rings (SSSR count). The van der Waals surface area contributed by atoms with Gasteiger partial charge in [-0.25, -0.2) is 13.4 Å². The Labute approximate surface area is 220 Å². The van der Waals surface area contributed by atoms with Crippen LogP contribution < -0.4 is 15.0 Å². The van der Waals surface area contributed by atoms with Crippen LogP contribution in [-0.4, -0.2) is 55.8 Å². The van der Waals surface area contributed by atoms with E-state index >= 15 is 0 Å². The minimum atomic E-state index is -3.55. The molecule has 1 saturated heterocycles. The van der Waals surface area contributed by atoms with Gasteiger partial charge in [0.25, 0.3) is 11.8 Å². The van der Waals surface area contributed by atoms with Crippen molar-refractivity contribution in [3.8, 4) is 17.0 Å². The lowest BCUT2D eigenvalue weighted by atomic mass is 10.1. The first kappa shape index (κ1) is 25.4. The molecule has 11 heteroatoms. The molecule has 194 valence electrons. The van der Waals surface area contributed by atoms with Crippen LogP contribution >= 0.6 is 11.3 Å². The lowest BCUT2D eigenvalue weighted by Crippen LogP contribution is -2.39. The molecule has 3 heterocycles.